The Kier molecular flexibility index (Phi) is 7.03. The predicted octanol–water partition coefficient (Wildman–Crippen LogP) is 0.599. The molecule has 27 heavy (non-hydrogen) atoms. The van der Waals surface area contributed by atoms with E-state index in [0.29, 0.717) is 11.5 Å². The van der Waals surface area contributed by atoms with Crippen molar-refractivity contribution in [2.24, 2.45) is 0 Å². The molecule has 0 fully saturated rings. The Hall–Kier alpha value is -2.33. The zero-order valence-electron chi connectivity index (χ0n) is 13.5. The fourth-order valence-electron chi connectivity index (χ4n) is 2.13. The molecule has 0 aliphatic rings. The van der Waals surface area contributed by atoms with E-state index in [0.717, 1.165) is 15.6 Å². The maximum absolute atomic E-state index is 11.4. The lowest BCUT2D eigenvalue weighted by Crippen LogP contribution is -2.68. The Morgan fingerprint density at radius 3 is 1.74 bits per heavy atom. The largest absolute Gasteiger partial charge is 0.478 e. The summed E-state index contributed by atoms with van der Waals surface area (Å²) in [5.74, 6) is 0.0658. The van der Waals surface area contributed by atoms with Crippen LogP contribution in [0.5, 0.6) is 0 Å². The number of aromatic carboxylic acids is 1. The highest BCUT2D eigenvalue weighted by Crippen LogP contribution is 2.29. The molecule has 0 aliphatic heterocycles. The van der Waals surface area contributed by atoms with Crippen LogP contribution in [0.4, 0.5) is 0 Å². The van der Waals surface area contributed by atoms with Crippen LogP contribution in [0.3, 0.4) is 0 Å². The Morgan fingerprint density at radius 1 is 0.852 bits per heavy atom. The van der Waals surface area contributed by atoms with Gasteiger partial charge in [-0.15, -0.1) is 10.2 Å². The second-order valence-corrected chi connectivity index (χ2v) is 6.80. The summed E-state index contributed by atoms with van der Waals surface area (Å²) in [7, 11) is -4.94. The summed E-state index contributed by atoms with van der Waals surface area (Å²) in [5.41, 5.74) is 1.86. The third kappa shape index (κ3) is 7.06. The second kappa shape index (κ2) is 9.05. The minimum atomic E-state index is -4.94. The number of benzene rings is 2. The molecule has 140 valence electrons. The lowest BCUT2D eigenvalue weighted by atomic mass is 10.1. The molecule has 0 unspecified atom stereocenters. The fourth-order valence-corrected chi connectivity index (χ4v) is 2.39. The van der Waals surface area contributed by atoms with Gasteiger partial charge in [0.05, 0.1) is 28.8 Å². The van der Waals surface area contributed by atoms with Crippen molar-refractivity contribution < 1.29 is 43.2 Å². The first-order valence-electron chi connectivity index (χ1n) is 7.28. The van der Waals surface area contributed by atoms with Gasteiger partial charge in [-0.05, 0) is 36.4 Å². The molecule has 1 heterocycles. The van der Waals surface area contributed by atoms with Gasteiger partial charge in [-0.1, -0.05) is 34.1 Å². The molecule has 3 aromatic rings. The molecule has 0 saturated heterocycles. The van der Waals surface area contributed by atoms with Crippen molar-refractivity contribution >= 4 is 21.9 Å². The van der Waals surface area contributed by atoms with E-state index < -0.39 is 16.2 Å². The second-order valence-electron chi connectivity index (χ2n) is 5.13. The van der Waals surface area contributed by atoms with E-state index in [1.54, 1.807) is 6.07 Å². The van der Waals surface area contributed by atoms with E-state index in [-0.39, 0.29) is 5.56 Å². The van der Waals surface area contributed by atoms with E-state index in [1.165, 1.54) is 6.07 Å². The van der Waals surface area contributed by atoms with Crippen LogP contribution in [-0.4, -0.2) is 11.1 Å². The van der Waals surface area contributed by atoms with Gasteiger partial charge in [0, 0.05) is 4.47 Å². The highest BCUT2D eigenvalue weighted by molar-refractivity contribution is 9.10. The van der Waals surface area contributed by atoms with E-state index in [4.69, 9.17) is 23.1 Å². The van der Waals surface area contributed by atoms with Crippen LogP contribution in [0.25, 0.3) is 22.6 Å². The van der Waals surface area contributed by atoms with Gasteiger partial charge in [0.1, 0.15) is 0 Å². The molecule has 0 atom stereocenters. The Labute approximate surface area is 164 Å². The van der Waals surface area contributed by atoms with Crippen LogP contribution >= 0.6 is 15.9 Å². The van der Waals surface area contributed by atoms with Gasteiger partial charge >= 0.3 is 17.5 Å². The van der Waals surface area contributed by atoms with Crippen molar-refractivity contribution in [3.63, 3.8) is 0 Å². The van der Waals surface area contributed by atoms with Crippen molar-refractivity contribution in [2.75, 3.05) is 0 Å². The van der Waals surface area contributed by atoms with Crippen molar-refractivity contribution in [1.29, 1.82) is 0 Å². The topological polar surface area (TPSA) is 141 Å². The lowest BCUT2D eigenvalue weighted by Gasteiger charge is -2.17. The molecule has 0 bridgehead atoms. The van der Waals surface area contributed by atoms with Crippen molar-refractivity contribution in [2.45, 2.75) is 0 Å². The highest BCUT2D eigenvalue weighted by atomic mass is 79.9. The SMILES string of the molecule is O=C(O)c1cc(-c2ccccc2)[o+]c(-c2ccc(Br)cc2)c1.[O-][Cl+3]([O-])([O-])[O-]. The molecular weight excluding hydrogens is 444 g/mol. The van der Waals surface area contributed by atoms with Crippen molar-refractivity contribution in [1.82, 2.24) is 0 Å². The smallest absolute Gasteiger partial charge is 0.361 e. The summed E-state index contributed by atoms with van der Waals surface area (Å²) in [5, 5.41) is 9.32. The van der Waals surface area contributed by atoms with Gasteiger partial charge in [-0.2, -0.15) is 0 Å². The first kappa shape index (κ1) is 21.0. The predicted molar refractivity (Wildman–Crippen MR) is 88.6 cm³/mol. The van der Waals surface area contributed by atoms with Crippen LogP contribution < -0.4 is 18.6 Å². The summed E-state index contributed by atoms with van der Waals surface area (Å²) >= 11 is 3.38. The minimum Gasteiger partial charge on any atom is -0.478 e. The third-order valence-electron chi connectivity index (χ3n) is 3.23. The van der Waals surface area contributed by atoms with Gasteiger partial charge < -0.3 is 5.11 Å². The Bertz CT molecular complexity index is 903. The van der Waals surface area contributed by atoms with Crippen LogP contribution in [0.1, 0.15) is 10.4 Å². The average Bonchev–Trinajstić information content (AvgIpc) is 2.61. The van der Waals surface area contributed by atoms with Crippen LogP contribution in [0, 0.1) is 10.2 Å². The third-order valence-corrected chi connectivity index (χ3v) is 3.76. The zero-order chi connectivity index (χ0) is 20.0. The Morgan fingerprint density at radius 2 is 1.30 bits per heavy atom. The summed E-state index contributed by atoms with van der Waals surface area (Å²) in [4.78, 5) is 11.4. The summed E-state index contributed by atoms with van der Waals surface area (Å²) in [6.07, 6.45) is 0. The molecule has 1 aromatic heterocycles. The van der Waals surface area contributed by atoms with Crippen LogP contribution in [0.2, 0.25) is 0 Å². The van der Waals surface area contributed by atoms with Gasteiger partial charge in [0.25, 0.3) is 0 Å². The van der Waals surface area contributed by atoms with E-state index in [1.807, 2.05) is 54.6 Å². The Balaban J connectivity index is 0.000000465. The number of hydrogen-bond donors (Lipinski definition) is 1. The minimum absolute atomic E-state index is 0.197. The summed E-state index contributed by atoms with van der Waals surface area (Å²) in [6.45, 7) is 0. The first-order valence-corrected chi connectivity index (χ1v) is 9.31. The number of carbonyl (C=O) groups is 1. The fraction of sp³-hybridized carbons (Fsp3) is 0. The van der Waals surface area contributed by atoms with Crippen molar-refractivity contribution in [3.05, 3.63) is 76.8 Å². The van der Waals surface area contributed by atoms with Gasteiger partial charge in [0.2, 0.25) is 0 Å². The molecule has 9 heteroatoms. The summed E-state index contributed by atoms with van der Waals surface area (Å²) < 4.78 is 40.8. The van der Waals surface area contributed by atoms with E-state index in [2.05, 4.69) is 15.9 Å². The molecule has 0 amide bonds. The molecule has 0 spiro atoms. The number of hydrogen-bond acceptors (Lipinski definition) is 5. The van der Waals surface area contributed by atoms with Crippen molar-refractivity contribution in [3.8, 4) is 22.6 Å². The lowest BCUT2D eigenvalue weighted by molar-refractivity contribution is -2.00. The number of carboxylic acid groups (broad SMARTS) is 1. The number of halogens is 2. The molecule has 0 aliphatic carbocycles. The summed E-state index contributed by atoms with van der Waals surface area (Å²) in [6, 6.07) is 20.1. The maximum Gasteiger partial charge on any atom is 0.361 e. The maximum atomic E-state index is 11.4. The molecule has 2 aromatic carbocycles. The monoisotopic (exact) mass is 454 g/mol. The van der Waals surface area contributed by atoms with Crippen LogP contribution in [0.15, 0.2) is 75.6 Å². The number of carboxylic acids is 1. The first-order chi connectivity index (χ1) is 12.6. The standard InChI is InChI=1S/C18H11BrO3.ClHO4/c19-15-8-6-13(7-9-15)17-11-14(18(20)21)10-16(22-17)12-4-2-1-3-5-12;2-1(3,4)5/h1-11H;(H,2,3,4,5). The zero-order valence-corrected chi connectivity index (χ0v) is 15.8. The molecule has 3 rings (SSSR count). The van der Waals surface area contributed by atoms with Gasteiger partial charge in [-0.25, -0.2) is 27.8 Å². The molecule has 0 saturated carbocycles. The average molecular weight is 456 g/mol. The van der Waals surface area contributed by atoms with Gasteiger partial charge in [-0.3, -0.25) is 0 Å². The quantitative estimate of drug-likeness (QED) is 0.570. The van der Waals surface area contributed by atoms with E-state index in [9.17, 15) is 9.90 Å². The van der Waals surface area contributed by atoms with E-state index >= 15 is 0 Å². The molecule has 1 N–H and O–H groups in total. The van der Waals surface area contributed by atoms with Gasteiger partial charge in [0.15, 0.2) is 0 Å². The molecule has 7 nitrogen and oxygen atoms in total. The molecular formula is C18H12BrClO7. The normalized spacial score (nSPS) is 10.7. The molecule has 0 radical (unpaired) electrons. The van der Waals surface area contributed by atoms with Crippen LogP contribution in [-0.2, 0) is 0 Å². The highest BCUT2D eigenvalue weighted by Gasteiger charge is 2.22. The number of rotatable bonds is 3.